The molecule has 0 radical (unpaired) electrons. The Morgan fingerprint density at radius 1 is 1.03 bits per heavy atom. The van der Waals surface area contributed by atoms with Crippen molar-refractivity contribution in [2.75, 3.05) is 5.32 Å². The van der Waals surface area contributed by atoms with Gasteiger partial charge in [-0.25, -0.2) is 13.7 Å². The summed E-state index contributed by atoms with van der Waals surface area (Å²) in [6.07, 6.45) is 7.70. The standard InChI is InChI=1S/C24H30N2O4S/c1-23(2)11-10-19-18(24(23,3)28)13-20(30-19)31(29)26-22(27)25-21-16-8-4-6-14(16)12-15-7-5-9-17(15)21/h12-13,28H,4-11H2,1-3H3,(H2,25,26,27). The minimum Gasteiger partial charge on any atom is -0.450 e. The van der Waals surface area contributed by atoms with Gasteiger partial charge in [-0.1, -0.05) is 19.9 Å². The molecule has 2 amide bonds. The molecule has 3 aliphatic carbocycles. The lowest BCUT2D eigenvalue weighted by atomic mass is 9.65. The first-order chi connectivity index (χ1) is 14.7. The lowest BCUT2D eigenvalue weighted by Crippen LogP contribution is -2.42. The third kappa shape index (κ3) is 3.33. The second kappa shape index (κ2) is 7.20. The smallest absolute Gasteiger partial charge is 0.331 e. The van der Waals surface area contributed by atoms with E-state index in [1.807, 2.05) is 13.8 Å². The Labute approximate surface area is 185 Å². The van der Waals surface area contributed by atoms with Crippen LogP contribution in [0.5, 0.6) is 0 Å². The highest BCUT2D eigenvalue weighted by molar-refractivity contribution is 7.83. The molecule has 0 bridgehead atoms. The fraction of sp³-hybridized carbons (Fsp3) is 0.542. The molecule has 0 spiro atoms. The van der Waals surface area contributed by atoms with Crippen LogP contribution < -0.4 is 10.0 Å². The zero-order valence-electron chi connectivity index (χ0n) is 18.4. The maximum atomic E-state index is 12.9. The molecule has 1 aromatic carbocycles. The number of carbonyl (C=O) groups excluding carboxylic acids is 1. The second-order valence-corrected chi connectivity index (χ2v) is 11.1. The number of amides is 2. The maximum Gasteiger partial charge on any atom is 0.331 e. The Morgan fingerprint density at radius 2 is 1.68 bits per heavy atom. The van der Waals surface area contributed by atoms with Gasteiger partial charge in [0.15, 0.2) is 11.0 Å². The van der Waals surface area contributed by atoms with Crippen LogP contribution in [0.25, 0.3) is 0 Å². The molecule has 7 heteroatoms. The Bertz CT molecular complexity index is 1070. The van der Waals surface area contributed by atoms with Crippen molar-refractivity contribution in [3.63, 3.8) is 0 Å². The van der Waals surface area contributed by atoms with Gasteiger partial charge in [-0.3, -0.25) is 0 Å². The molecule has 2 atom stereocenters. The lowest BCUT2D eigenvalue weighted by molar-refractivity contribution is -0.0715. The molecule has 3 aliphatic rings. The highest BCUT2D eigenvalue weighted by Crippen LogP contribution is 2.49. The minimum absolute atomic E-state index is 0.168. The number of hydrogen-bond donors (Lipinski definition) is 3. The molecule has 1 aromatic heterocycles. The van der Waals surface area contributed by atoms with Crippen molar-refractivity contribution in [2.45, 2.75) is 82.8 Å². The molecule has 5 rings (SSSR count). The molecule has 0 aliphatic heterocycles. The summed E-state index contributed by atoms with van der Waals surface area (Å²) in [4.78, 5) is 12.8. The van der Waals surface area contributed by atoms with Crippen molar-refractivity contribution >= 4 is 22.7 Å². The van der Waals surface area contributed by atoms with Crippen molar-refractivity contribution in [1.82, 2.24) is 4.72 Å². The number of rotatable bonds is 3. The number of benzene rings is 1. The molecule has 166 valence electrons. The Morgan fingerprint density at radius 3 is 2.32 bits per heavy atom. The van der Waals surface area contributed by atoms with Gasteiger partial charge < -0.3 is 14.8 Å². The van der Waals surface area contributed by atoms with Crippen LogP contribution in [0.3, 0.4) is 0 Å². The number of furan rings is 1. The first-order valence-electron chi connectivity index (χ1n) is 11.2. The number of urea groups is 1. The van der Waals surface area contributed by atoms with Crippen LogP contribution in [0.15, 0.2) is 21.6 Å². The van der Waals surface area contributed by atoms with Gasteiger partial charge in [0, 0.05) is 23.7 Å². The van der Waals surface area contributed by atoms with Gasteiger partial charge in [0.2, 0.25) is 5.09 Å². The van der Waals surface area contributed by atoms with Crippen LogP contribution in [-0.4, -0.2) is 15.3 Å². The van der Waals surface area contributed by atoms with Gasteiger partial charge in [-0.05, 0) is 79.5 Å². The molecule has 6 nitrogen and oxygen atoms in total. The van der Waals surface area contributed by atoms with Crippen LogP contribution in [0.1, 0.15) is 73.6 Å². The summed E-state index contributed by atoms with van der Waals surface area (Å²) in [5, 5.41) is 14.2. The Hall–Kier alpha value is -2.12. The largest absolute Gasteiger partial charge is 0.450 e. The summed E-state index contributed by atoms with van der Waals surface area (Å²) in [6, 6.07) is 3.45. The van der Waals surface area contributed by atoms with E-state index in [9.17, 15) is 14.1 Å². The van der Waals surface area contributed by atoms with Gasteiger partial charge in [-0.2, -0.15) is 0 Å². The fourth-order valence-electron chi connectivity index (χ4n) is 5.37. The molecule has 31 heavy (non-hydrogen) atoms. The Kier molecular flexibility index (Phi) is 4.83. The number of hydrogen-bond acceptors (Lipinski definition) is 4. The molecule has 3 N–H and O–H groups in total. The molecule has 2 aromatic rings. The number of aryl methyl sites for hydroxylation is 3. The van der Waals surface area contributed by atoms with Gasteiger partial charge in [0.05, 0.1) is 5.60 Å². The van der Waals surface area contributed by atoms with E-state index in [2.05, 4.69) is 16.1 Å². The SMILES string of the molecule is CC1(C)CCc2oc(S(=O)NC(=O)Nc3c4c(cc5c3CCC5)CCC4)cc2C1(C)O. The predicted octanol–water partition coefficient (Wildman–Crippen LogP) is 4.28. The van der Waals surface area contributed by atoms with Crippen molar-refractivity contribution in [3.05, 3.63) is 45.7 Å². The quantitative estimate of drug-likeness (QED) is 0.662. The molecule has 2 unspecified atom stereocenters. The van der Waals surface area contributed by atoms with E-state index in [1.54, 1.807) is 13.0 Å². The van der Waals surface area contributed by atoms with E-state index >= 15 is 0 Å². The zero-order valence-corrected chi connectivity index (χ0v) is 19.2. The molecule has 0 fully saturated rings. The molecule has 0 saturated carbocycles. The van der Waals surface area contributed by atoms with Crippen molar-refractivity contribution in [2.24, 2.45) is 5.41 Å². The number of anilines is 1. The summed E-state index contributed by atoms with van der Waals surface area (Å²) in [6.45, 7) is 5.80. The van der Waals surface area contributed by atoms with E-state index in [0.29, 0.717) is 17.7 Å². The van der Waals surface area contributed by atoms with E-state index in [4.69, 9.17) is 4.42 Å². The van der Waals surface area contributed by atoms with Gasteiger partial charge in [0.1, 0.15) is 5.76 Å². The summed E-state index contributed by atoms with van der Waals surface area (Å²) in [5.74, 6) is 0.647. The monoisotopic (exact) mass is 442 g/mol. The zero-order chi connectivity index (χ0) is 22.0. The molecule has 0 saturated heterocycles. The normalized spacial score (nSPS) is 24.3. The van der Waals surface area contributed by atoms with E-state index in [-0.39, 0.29) is 10.5 Å². The van der Waals surface area contributed by atoms with Crippen LogP contribution in [0.4, 0.5) is 10.5 Å². The van der Waals surface area contributed by atoms with E-state index in [0.717, 1.165) is 50.6 Å². The second-order valence-electron chi connectivity index (χ2n) is 9.92. The number of aliphatic hydroxyl groups is 1. The number of nitrogens with one attached hydrogen (secondary N) is 2. The minimum atomic E-state index is -1.85. The van der Waals surface area contributed by atoms with Crippen LogP contribution in [0, 0.1) is 5.41 Å². The molecule has 1 heterocycles. The average Bonchev–Trinajstić information content (AvgIpc) is 3.44. The maximum absolute atomic E-state index is 12.9. The first kappa shape index (κ1) is 20.8. The van der Waals surface area contributed by atoms with Crippen molar-refractivity contribution < 1.29 is 18.5 Å². The van der Waals surface area contributed by atoms with Crippen LogP contribution >= 0.6 is 0 Å². The van der Waals surface area contributed by atoms with Crippen molar-refractivity contribution in [1.29, 1.82) is 0 Å². The van der Waals surface area contributed by atoms with E-state index in [1.165, 1.54) is 22.3 Å². The fourth-order valence-corrected chi connectivity index (χ4v) is 6.09. The summed E-state index contributed by atoms with van der Waals surface area (Å²) < 4.78 is 21.2. The lowest BCUT2D eigenvalue weighted by Gasteiger charge is -2.43. The van der Waals surface area contributed by atoms with Gasteiger partial charge in [0.25, 0.3) is 0 Å². The molecular weight excluding hydrogens is 412 g/mol. The third-order valence-corrected chi connectivity index (χ3v) is 8.62. The first-order valence-corrected chi connectivity index (χ1v) is 12.3. The van der Waals surface area contributed by atoms with Crippen LogP contribution in [0.2, 0.25) is 0 Å². The number of fused-ring (bicyclic) bond motifs is 3. The number of carbonyl (C=O) groups is 1. The highest BCUT2D eigenvalue weighted by atomic mass is 32.2. The average molecular weight is 443 g/mol. The summed E-state index contributed by atoms with van der Waals surface area (Å²) in [7, 11) is -1.85. The van der Waals surface area contributed by atoms with Gasteiger partial charge in [-0.15, -0.1) is 0 Å². The van der Waals surface area contributed by atoms with E-state index < -0.39 is 22.6 Å². The molecular formula is C24H30N2O4S. The predicted molar refractivity (Wildman–Crippen MR) is 119 cm³/mol. The highest BCUT2D eigenvalue weighted by Gasteiger charge is 2.47. The third-order valence-electron chi connectivity index (χ3n) is 7.69. The topological polar surface area (TPSA) is 91.6 Å². The Balaban J connectivity index is 1.36. The summed E-state index contributed by atoms with van der Waals surface area (Å²) in [5.41, 5.74) is 5.30. The van der Waals surface area contributed by atoms with Crippen LogP contribution in [-0.2, 0) is 48.7 Å². The van der Waals surface area contributed by atoms with Crippen molar-refractivity contribution in [3.8, 4) is 0 Å². The van der Waals surface area contributed by atoms with Gasteiger partial charge >= 0.3 is 6.03 Å². The summed E-state index contributed by atoms with van der Waals surface area (Å²) >= 11 is 0.